The standard InChI is InChI=1S/C17H27FN4O/c1-12(2)9-19-17(21-11-16(23)22(4)5)20-10-14-6-7-15(18)13(3)8-14/h6-8,12H,9-11H2,1-5H3,(H2,19,20,21). The highest BCUT2D eigenvalue weighted by Gasteiger charge is 2.06. The number of nitrogens with one attached hydrogen (secondary N) is 2. The maximum atomic E-state index is 13.3. The van der Waals surface area contributed by atoms with Crippen LogP contribution in [0.5, 0.6) is 0 Å². The Labute approximate surface area is 138 Å². The number of nitrogens with zero attached hydrogens (tertiary/aromatic N) is 2. The molecule has 23 heavy (non-hydrogen) atoms. The molecule has 0 atom stereocenters. The highest BCUT2D eigenvalue weighted by Crippen LogP contribution is 2.10. The summed E-state index contributed by atoms with van der Waals surface area (Å²) in [6.45, 7) is 7.28. The highest BCUT2D eigenvalue weighted by molar-refractivity contribution is 5.86. The smallest absolute Gasteiger partial charge is 0.241 e. The minimum atomic E-state index is -0.217. The molecule has 0 saturated carbocycles. The summed E-state index contributed by atoms with van der Waals surface area (Å²) in [7, 11) is 3.42. The maximum Gasteiger partial charge on any atom is 0.241 e. The molecule has 6 heteroatoms. The van der Waals surface area contributed by atoms with Crippen molar-refractivity contribution < 1.29 is 9.18 Å². The number of rotatable bonds is 6. The molecular formula is C17H27FN4O. The van der Waals surface area contributed by atoms with Crippen LogP contribution >= 0.6 is 0 Å². The Morgan fingerprint density at radius 1 is 1.30 bits per heavy atom. The lowest BCUT2D eigenvalue weighted by atomic mass is 10.1. The number of guanidine groups is 1. The fourth-order valence-corrected chi connectivity index (χ4v) is 1.77. The van der Waals surface area contributed by atoms with Gasteiger partial charge in [-0.05, 0) is 30.0 Å². The predicted octanol–water partition coefficient (Wildman–Crippen LogP) is 1.91. The number of aliphatic imine (C=N–C) groups is 1. The van der Waals surface area contributed by atoms with Crippen LogP contribution in [-0.2, 0) is 11.3 Å². The lowest BCUT2D eigenvalue weighted by Gasteiger charge is -2.16. The molecule has 1 rings (SSSR count). The Morgan fingerprint density at radius 3 is 2.57 bits per heavy atom. The monoisotopic (exact) mass is 322 g/mol. The number of hydrogen-bond donors (Lipinski definition) is 2. The van der Waals surface area contributed by atoms with E-state index >= 15 is 0 Å². The molecule has 1 aromatic carbocycles. The van der Waals surface area contributed by atoms with Gasteiger partial charge in [-0.2, -0.15) is 0 Å². The van der Waals surface area contributed by atoms with Crippen molar-refractivity contribution in [2.75, 3.05) is 27.2 Å². The average Bonchev–Trinajstić information content (AvgIpc) is 2.49. The van der Waals surface area contributed by atoms with Crippen LogP contribution in [0.4, 0.5) is 4.39 Å². The molecule has 0 fully saturated rings. The second-order valence-corrected chi connectivity index (χ2v) is 6.16. The van der Waals surface area contributed by atoms with Crippen molar-refractivity contribution >= 4 is 11.9 Å². The Hall–Kier alpha value is -2.11. The van der Waals surface area contributed by atoms with Gasteiger partial charge in [0.15, 0.2) is 5.96 Å². The second-order valence-electron chi connectivity index (χ2n) is 6.16. The van der Waals surface area contributed by atoms with Crippen LogP contribution < -0.4 is 10.6 Å². The summed E-state index contributed by atoms with van der Waals surface area (Å²) in [4.78, 5) is 17.7. The third-order valence-corrected chi connectivity index (χ3v) is 3.23. The summed E-state index contributed by atoms with van der Waals surface area (Å²) in [6.07, 6.45) is 0. The number of aryl methyl sites for hydroxylation is 1. The molecule has 2 N–H and O–H groups in total. The third kappa shape index (κ3) is 7.13. The molecule has 0 aromatic heterocycles. The summed E-state index contributed by atoms with van der Waals surface area (Å²) >= 11 is 0. The number of carbonyl (C=O) groups is 1. The first kappa shape index (κ1) is 18.9. The number of carbonyl (C=O) groups excluding carboxylic acids is 1. The molecule has 1 amide bonds. The minimum absolute atomic E-state index is 0.0262. The van der Waals surface area contributed by atoms with Crippen LogP contribution in [0.2, 0.25) is 0 Å². The van der Waals surface area contributed by atoms with Gasteiger partial charge >= 0.3 is 0 Å². The Balaban J connectivity index is 2.72. The molecule has 0 aliphatic carbocycles. The molecule has 128 valence electrons. The fourth-order valence-electron chi connectivity index (χ4n) is 1.77. The van der Waals surface area contributed by atoms with Crippen molar-refractivity contribution in [3.63, 3.8) is 0 Å². The molecule has 0 unspecified atom stereocenters. The number of amides is 1. The highest BCUT2D eigenvalue weighted by atomic mass is 19.1. The Morgan fingerprint density at radius 2 is 2.00 bits per heavy atom. The minimum Gasteiger partial charge on any atom is -0.356 e. The summed E-state index contributed by atoms with van der Waals surface area (Å²) in [5.41, 5.74) is 1.53. The van der Waals surface area contributed by atoms with Crippen LogP contribution in [0.15, 0.2) is 23.2 Å². The van der Waals surface area contributed by atoms with Gasteiger partial charge in [0.1, 0.15) is 5.82 Å². The van der Waals surface area contributed by atoms with Gasteiger partial charge in [-0.3, -0.25) is 4.79 Å². The van der Waals surface area contributed by atoms with Gasteiger partial charge in [0, 0.05) is 20.6 Å². The van der Waals surface area contributed by atoms with Gasteiger partial charge in [-0.25, -0.2) is 9.38 Å². The zero-order valence-electron chi connectivity index (χ0n) is 14.6. The summed E-state index contributed by atoms with van der Waals surface area (Å²) in [6, 6.07) is 4.95. The van der Waals surface area contributed by atoms with E-state index < -0.39 is 0 Å². The first-order chi connectivity index (χ1) is 10.8. The van der Waals surface area contributed by atoms with Crippen molar-refractivity contribution in [2.45, 2.75) is 27.3 Å². The quantitative estimate of drug-likeness (QED) is 0.621. The number of benzene rings is 1. The summed E-state index contributed by atoms with van der Waals surface area (Å²) in [5.74, 6) is 0.794. The van der Waals surface area contributed by atoms with E-state index in [1.165, 1.54) is 11.0 Å². The first-order valence-electron chi connectivity index (χ1n) is 7.77. The van der Waals surface area contributed by atoms with E-state index in [4.69, 9.17) is 0 Å². The van der Waals surface area contributed by atoms with Crippen LogP contribution in [0.3, 0.4) is 0 Å². The van der Waals surface area contributed by atoms with E-state index in [1.807, 2.05) is 0 Å². The zero-order valence-corrected chi connectivity index (χ0v) is 14.6. The molecule has 0 heterocycles. The van der Waals surface area contributed by atoms with Gasteiger partial charge in [0.25, 0.3) is 0 Å². The molecule has 0 bridgehead atoms. The average molecular weight is 322 g/mol. The van der Waals surface area contributed by atoms with E-state index in [2.05, 4.69) is 29.5 Å². The van der Waals surface area contributed by atoms with E-state index in [-0.39, 0.29) is 18.3 Å². The molecular weight excluding hydrogens is 295 g/mol. The van der Waals surface area contributed by atoms with E-state index in [0.717, 1.165) is 12.1 Å². The van der Waals surface area contributed by atoms with Gasteiger partial charge in [0.05, 0.1) is 13.1 Å². The lowest BCUT2D eigenvalue weighted by molar-refractivity contribution is -0.127. The normalized spacial score (nSPS) is 11.5. The largest absolute Gasteiger partial charge is 0.356 e. The number of hydrogen-bond acceptors (Lipinski definition) is 2. The predicted molar refractivity (Wildman–Crippen MR) is 91.8 cm³/mol. The van der Waals surface area contributed by atoms with Crippen LogP contribution in [-0.4, -0.2) is 44.0 Å². The molecule has 0 radical (unpaired) electrons. The van der Waals surface area contributed by atoms with Crippen LogP contribution in [0, 0.1) is 18.7 Å². The molecule has 1 aromatic rings. The van der Waals surface area contributed by atoms with E-state index in [1.54, 1.807) is 33.2 Å². The van der Waals surface area contributed by atoms with Crippen molar-refractivity contribution in [3.8, 4) is 0 Å². The van der Waals surface area contributed by atoms with Crippen molar-refractivity contribution in [3.05, 3.63) is 35.1 Å². The van der Waals surface area contributed by atoms with Gasteiger partial charge in [-0.15, -0.1) is 0 Å². The molecule has 5 nitrogen and oxygen atoms in total. The molecule has 0 aliphatic heterocycles. The second kappa shape index (κ2) is 9.12. The number of halogens is 1. The van der Waals surface area contributed by atoms with Crippen LogP contribution in [0.25, 0.3) is 0 Å². The third-order valence-electron chi connectivity index (χ3n) is 3.23. The Bertz CT molecular complexity index is 556. The molecule has 0 saturated heterocycles. The SMILES string of the molecule is Cc1cc(CN=C(NCC(=O)N(C)C)NCC(C)C)ccc1F. The van der Waals surface area contributed by atoms with E-state index in [9.17, 15) is 9.18 Å². The lowest BCUT2D eigenvalue weighted by Crippen LogP contribution is -2.44. The van der Waals surface area contributed by atoms with Crippen molar-refractivity contribution in [2.24, 2.45) is 10.9 Å². The molecule has 0 aliphatic rings. The van der Waals surface area contributed by atoms with Gasteiger partial charge in [0.2, 0.25) is 5.91 Å². The number of likely N-dealkylation sites (N-methyl/N-ethyl adjacent to an activating group) is 1. The fraction of sp³-hybridized carbons (Fsp3) is 0.529. The van der Waals surface area contributed by atoms with E-state index in [0.29, 0.717) is 24.0 Å². The maximum absolute atomic E-state index is 13.3. The van der Waals surface area contributed by atoms with Crippen LogP contribution in [0.1, 0.15) is 25.0 Å². The van der Waals surface area contributed by atoms with Crippen molar-refractivity contribution in [1.82, 2.24) is 15.5 Å². The van der Waals surface area contributed by atoms with Gasteiger partial charge < -0.3 is 15.5 Å². The Kier molecular flexibility index (Phi) is 7.51. The molecule has 0 spiro atoms. The summed E-state index contributed by atoms with van der Waals surface area (Å²) < 4.78 is 13.3. The first-order valence-corrected chi connectivity index (χ1v) is 7.77. The topological polar surface area (TPSA) is 56.7 Å². The zero-order chi connectivity index (χ0) is 17.4. The van der Waals surface area contributed by atoms with Gasteiger partial charge in [-0.1, -0.05) is 26.0 Å². The summed E-state index contributed by atoms with van der Waals surface area (Å²) in [5, 5.41) is 6.23. The van der Waals surface area contributed by atoms with Crippen molar-refractivity contribution in [1.29, 1.82) is 0 Å².